The summed E-state index contributed by atoms with van der Waals surface area (Å²) in [6.07, 6.45) is 1.80. The van der Waals surface area contributed by atoms with Crippen LogP contribution in [0.1, 0.15) is 47.5 Å². The van der Waals surface area contributed by atoms with Gasteiger partial charge in [0.1, 0.15) is 5.60 Å². The second kappa shape index (κ2) is 3.56. The maximum absolute atomic E-state index is 5.74. The molecule has 1 saturated heterocycles. The zero-order chi connectivity index (χ0) is 10.1. The molecular formula is C10H20O3. The second-order valence-corrected chi connectivity index (χ2v) is 4.55. The van der Waals surface area contributed by atoms with Gasteiger partial charge in [-0.1, -0.05) is 6.92 Å². The van der Waals surface area contributed by atoms with Crippen molar-refractivity contribution in [2.24, 2.45) is 0 Å². The minimum absolute atomic E-state index is 0.169. The van der Waals surface area contributed by atoms with Crippen molar-refractivity contribution in [3.05, 3.63) is 0 Å². The van der Waals surface area contributed by atoms with Gasteiger partial charge >= 0.3 is 0 Å². The summed E-state index contributed by atoms with van der Waals surface area (Å²) in [5.74, 6) is -0.590. The van der Waals surface area contributed by atoms with Gasteiger partial charge in [-0.2, -0.15) is 0 Å². The van der Waals surface area contributed by atoms with E-state index < -0.39 is 5.79 Å². The maximum atomic E-state index is 5.74. The van der Waals surface area contributed by atoms with Gasteiger partial charge < -0.3 is 4.74 Å². The Balaban J connectivity index is 2.69. The van der Waals surface area contributed by atoms with Gasteiger partial charge in [0, 0.05) is 12.8 Å². The average Bonchev–Trinajstić information content (AvgIpc) is 2.09. The summed E-state index contributed by atoms with van der Waals surface area (Å²) in [6.45, 7) is 10.00. The van der Waals surface area contributed by atoms with E-state index in [2.05, 4.69) is 0 Å². The first-order valence-corrected chi connectivity index (χ1v) is 4.91. The van der Waals surface area contributed by atoms with Gasteiger partial charge in [-0.05, 0) is 27.7 Å². The van der Waals surface area contributed by atoms with E-state index in [4.69, 9.17) is 14.5 Å². The first-order chi connectivity index (χ1) is 5.87. The Labute approximate surface area is 80.3 Å². The Bertz CT molecular complexity index is 179. The molecule has 1 heterocycles. The first-order valence-electron chi connectivity index (χ1n) is 4.91. The van der Waals surface area contributed by atoms with Crippen molar-refractivity contribution in [3.8, 4) is 0 Å². The summed E-state index contributed by atoms with van der Waals surface area (Å²) in [4.78, 5) is 10.6. The number of hydrogen-bond acceptors (Lipinski definition) is 3. The lowest BCUT2D eigenvalue weighted by atomic mass is 10.0. The fourth-order valence-electron chi connectivity index (χ4n) is 1.56. The summed E-state index contributed by atoms with van der Waals surface area (Å²) in [7, 11) is 0. The van der Waals surface area contributed by atoms with E-state index in [1.807, 2.05) is 34.6 Å². The van der Waals surface area contributed by atoms with Gasteiger partial charge in [0.15, 0.2) is 5.79 Å². The normalized spacial score (nSPS) is 39.9. The van der Waals surface area contributed by atoms with Crippen molar-refractivity contribution in [2.45, 2.75) is 65.0 Å². The van der Waals surface area contributed by atoms with Crippen molar-refractivity contribution in [2.75, 3.05) is 0 Å². The summed E-state index contributed by atoms with van der Waals surface area (Å²) in [5.41, 5.74) is -0.258. The third-order valence-corrected chi connectivity index (χ3v) is 2.32. The molecule has 0 aromatic carbocycles. The van der Waals surface area contributed by atoms with E-state index in [0.29, 0.717) is 0 Å². The van der Waals surface area contributed by atoms with Crippen LogP contribution in [-0.4, -0.2) is 17.5 Å². The highest BCUT2D eigenvalue weighted by Crippen LogP contribution is 2.31. The number of rotatable bonds is 1. The van der Waals surface area contributed by atoms with E-state index >= 15 is 0 Å². The Kier molecular flexibility index (Phi) is 3.00. The molecule has 1 fully saturated rings. The van der Waals surface area contributed by atoms with Crippen molar-refractivity contribution in [1.82, 2.24) is 0 Å². The van der Waals surface area contributed by atoms with Crippen molar-refractivity contribution < 1.29 is 14.5 Å². The lowest BCUT2D eigenvalue weighted by molar-refractivity contribution is -0.442. The third-order valence-electron chi connectivity index (χ3n) is 2.32. The molecule has 3 heteroatoms. The van der Waals surface area contributed by atoms with Gasteiger partial charge in [-0.3, -0.25) is 0 Å². The first kappa shape index (κ1) is 11.0. The Morgan fingerprint density at radius 3 is 2.38 bits per heavy atom. The van der Waals surface area contributed by atoms with E-state index in [1.165, 1.54) is 0 Å². The molecule has 1 rings (SSSR count). The van der Waals surface area contributed by atoms with Crippen LogP contribution in [0, 0.1) is 0 Å². The molecule has 1 aliphatic heterocycles. The van der Waals surface area contributed by atoms with Crippen LogP contribution < -0.4 is 0 Å². The molecule has 0 spiro atoms. The minimum Gasteiger partial charge on any atom is -0.344 e. The third kappa shape index (κ3) is 2.93. The monoisotopic (exact) mass is 188 g/mol. The average molecular weight is 188 g/mol. The fraction of sp³-hybridized carbons (Fsp3) is 1.00. The van der Waals surface area contributed by atoms with Crippen LogP contribution in [-0.2, 0) is 14.5 Å². The van der Waals surface area contributed by atoms with Gasteiger partial charge in [0.05, 0.1) is 6.10 Å². The predicted octanol–water partition coefficient (Wildman–Crippen LogP) is 2.65. The van der Waals surface area contributed by atoms with E-state index in [-0.39, 0.29) is 11.7 Å². The largest absolute Gasteiger partial charge is 0.344 e. The van der Waals surface area contributed by atoms with Crippen LogP contribution in [0.5, 0.6) is 0 Å². The van der Waals surface area contributed by atoms with Crippen LogP contribution in [0.3, 0.4) is 0 Å². The molecule has 13 heavy (non-hydrogen) atoms. The highest BCUT2D eigenvalue weighted by Gasteiger charge is 2.37. The Morgan fingerprint density at radius 2 is 1.85 bits per heavy atom. The summed E-state index contributed by atoms with van der Waals surface area (Å²) >= 11 is 0. The van der Waals surface area contributed by atoms with Crippen LogP contribution in [0.25, 0.3) is 0 Å². The van der Waals surface area contributed by atoms with Crippen LogP contribution in [0.2, 0.25) is 0 Å². The van der Waals surface area contributed by atoms with Crippen LogP contribution in [0.15, 0.2) is 0 Å². The molecule has 78 valence electrons. The van der Waals surface area contributed by atoms with Crippen LogP contribution in [0.4, 0.5) is 0 Å². The standard InChI is InChI=1S/C10H20O3/c1-6-10(5)11-8(2)7-9(3,4)12-13-10/h8H,6-7H2,1-5H3. The van der Waals surface area contributed by atoms with Gasteiger partial charge in [-0.25, -0.2) is 9.78 Å². The summed E-state index contributed by atoms with van der Waals surface area (Å²) < 4.78 is 5.74. The smallest absolute Gasteiger partial charge is 0.198 e. The minimum atomic E-state index is -0.590. The van der Waals surface area contributed by atoms with Crippen molar-refractivity contribution in [1.29, 1.82) is 0 Å². The molecule has 0 aromatic rings. The van der Waals surface area contributed by atoms with Crippen molar-refractivity contribution in [3.63, 3.8) is 0 Å². The number of hydrogen-bond donors (Lipinski definition) is 0. The molecule has 2 atom stereocenters. The molecule has 0 aliphatic carbocycles. The molecule has 0 bridgehead atoms. The highest BCUT2D eigenvalue weighted by molar-refractivity contribution is 4.75. The Morgan fingerprint density at radius 1 is 1.23 bits per heavy atom. The van der Waals surface area contributed by atoms with E-state index in [1.54, 1.807) is 0 Å². The van der Waals surface area contributed by atoms with Gasteiger partial charge in [0.2, 0.25) is 0 Å². The predicted molar refractivity (Wildman–Crippen MR) is 50.1 cm³/mol. The molecule has 0 N–H and O–H groups in total. The molecule has 2 unspecified atom stereocenters. The quantitative estimate of drug-likeness (QED) is 0.592. The molecule has 0 amide bonds. The lowest BCUT2D eigenvalue weighted by Crippen LogP contribution is -2.32. The Hall–Kier alpha value is -0.120. The molecule has 3 nitrogen and oxygen atoms in total. The fourth-order valence-corrected chi connectivity index (χ4v) is 1.56. The maximum Gasteiger partial charge on any atom is 0.198 e. The molecule has 0 saturated carbocycles. The lowest BCUT2D eigenvalue weighted by Gasteiger charge is -2.27. The second-order valence-electron chi connectivity index (χ2n) is 4.55. The SMILES string of the molecule is CCC1(C)OOC(C)(C)CC(C)O1. The van der Waals surface area contributed by atoms with Crippen molar-refractivity contribution >= 4 is 0 Å². The van der Waals surface area contributed by atoms with Gasteiger partial charge in [-0.15, -0.1) is 0 Å². The molecule has 0 radical (unpaired) electrons. The van der Waals surface area contributed by atoms with Crippen LogP contribution >= 0.6 is 0 Å². The zero-order valence-corrected chi connectivity index (χ0v) is 9.22. The van der Waals surface area contributed by atoms with E-state index in [9.17, 15) is 0 Å². The topological polar surface area (TPSA) is 27.7 Å². The number of ether oxygens (including phenoxy) is 1. The molecule has 1 aliphatic rings. The van der Waals surface area contributed by atoms with Gasteiger partial charge in [0.25, 0.3) is 0 Å². The molecular weight excluding hydrogens is 168 g/mol. The zero-order valence-electron chi connectivity index (χ0n) is 9.22. The highest BCUT2D eigenvalue weighted by atomic mass is 17.2. The summed E-state index contributed by atoms with van der Waals surface area (Å²) in [5, 5.41) is 0. The van der Waals surface area contributed by atoms with E-state index in [0.717, 1.165) is 12.8 Å². The summed E-state index contributed by atoms with van der Waals surface area (Å²) in [6, 6.07) is 0. The molecule has 0 aromatic heterocycles.